The van der Waals surface area contributed by atoms with E-state index in [4.69, 9.17) is 18.9 Å². The summed E-state index contributed by atoms with van der Waals surface area (Å²) in [5.41, 5.74) is 0.447. The Kier molecular flexibility index (Phi) is 3.43. The zero-order chi connectivity index (χ0) is 15.0. The van der Waals surface area contributed by atoms with Crippen molar-refractivity contribution in [1.82, 2.24) is 0 Å². The largest absolute Gasteiger partial charge is 0.458 e. The Bertz CT molecular complexity index is 553. The van der Waals surface area contributed by atoms with E-state index in [0.717, 1.165) is 0 Å². The van der Waals surface area contributed by atoms with Crippen LogP contribution < -0.4 is 0 Å². The van der Waals surface area contributed by atoms with Gasteiger partial charge in [0.2, 0.25) is 0 Å². The first-order chi connectivity index (χ1) is 9.96. The van der Waals surface area contributed by atoms with Crippen LogP contribution in [0.5, 0.6) is 0 Å². The Labute approximate surface area is 121 Å². The zero-order valence-corrected chi connectivity index (χ0v) is 11.8. The fraction of sp³-hybridized carbons (Fsp3) is 0.467. The van der Waals surface area contributed by atoms with Gasteiger partial charge >= 0.3 is 11.9 Å². The number of cyclic esters (lactones) is 1. The highest BCUT2D eigenvalue weighted by Crippen LogP contribution is 2.36. The lowest BCUT2D eigenvalue weighted by Crippen LogP contribution is -2.33. The number of ether oxygens (including phenoxy) is 4. The quantitative estimate of drug-likeness (QED) is 0.782. The third-order valence-electron chi connectivity index (χ3n) is 3.38. The van der Waals surface area contributed by atoms with Gasteiger partial charge in [0.1, 0.15) is 12.7 Å². The number of esters is 2. The SMILES string of the molecule is CC1(C)O[C@@H]2[C@H](COC(=O)c3ccccc3)OC(=O)[C@@H]2O1. The van der Waals surface area contributed by atoms with Gasteiger partial charge in [-0.3, -0.25) is 0 Å². The van der Waals surface area contributed by atoms with Crippen LogP contribution >= 0.6 is 0 Å². The van der Waals surface area contributed by atoms with Crippen molar-refractivity contribution in [2.75, 3.05) is 6.61 Å². The summed E-state index contributed by atoms with van der Waals surface area (Å²) in [6.07, 6.45) is -1.94. The van der Waals surface area contributed by atoms with E-state index in [1.165, 1.54) is 0 Å². The minimum Gasteiger partial charge on any atom is -0.458 e. The van der Waals surface area contributed by atoms with Crippen molar-refractivity contribution in [1.29, 1.82) is 0 Å². The molecule has 6 heteroatoms. The van der Waals surface area contributed by atoms with E-state index >= 15 is 0 Å². The van der Waals surface area contributed by atoms with Crippen molar-refractivity contribution in [3.8, 4) is 0 Å². The number of hydrogen-bond donors (Lipinski definition) is 0. The van der Waals surface area contributed by atoms with Crippen LogP contribution in [0.15, 0.2) is 30.3 Å². The van der Waals surface area contributed by atoms with Gasteiger partial charge in [0.15, 0.2) is 18.0 Å². The highest BCUT2D eigenvalue weighted by atomic mass is 16.8. The third kappa shape index (κ3) is 2.77. The lowest BCUT2D eigenvalue weighted by atomic mass is 10.1. The molecule has 0 bridgehead atoms. The molecule has 0 saturated carbocycles. The number of rotatable bonds is 3. The Morgan fingerprint density at radius 2 is 1.95 bits per heavy atom. The topological polar surface area (TPSA) is 71.1 Å². The predicted molar refractivity (Wildman–Crippen MR) is 70.4 cm³/mol. The average Bonchev–Trinajstić information content (AvgIpc) is 2.92. The molecule has 1 aromatic rings. The van der Waals surface area contributed by atoms with E-state index in [1.54, 1.807) is 38.1 Å². The van der Waals surface area contributed by atoms with Gasteiger partial charge in [0.05, 0.1) is 5.56 Å². The Morgan fingerprint density at radius 1 is 1.24 bits per heavy atom. The van der Waals surface area contributed by atoms with Crippen LogP contribution in [0, 0.1) is 0 Å². The van der Waals surface area contributed by atoms with E-state index in [0.29, 0.717) is 5.56 Å². The third-order valence-corrected chi connectivity index (χ3v) is 3.38. The van der Waals surface area contributed by atoms with Gasteiger partial charge in [-0.15, -0.1) is 0 Å². The average molecular weight is 292 g/mol. The van der Waals surface area contributed by atoms with Crippen LogP contribution in [-0.2, 0) is 23.7 Å². The highest BCUT2D eigenvalue weighted by molar-refractivity contribution is 5.89. The Hall–Kier alpha value is -1.92. The van der Waals surface area contributed by atoms with Crippen molar-refractivity contribution in [2.24, 2.45) is 0 Å². The minimum atomic E-state index is -0.837. The first kappa shape index (κ1) is 14.0. The van der Waals surface area contributed by atoms with Crippen molar-refractivity contribution in [2.45, 2.75) is 37.9 Å². The molecule has 21 heavy (non-hydrogen) atoms. The van der Waals surface area contributed by atoms with Crippen molar-refractivity contribution < 1.29 is 28.5 Å². The van der Waals surface area contributed by atoms with Gasteiger partial charge < -0.3 is 18.9 Å². The van der Waals surface area contributed by atoms with E-state index in [-0.39, 0.29) is 6.61 Å². The Morgan fingerprint density at radius 3 is 2.67 bits per heavy atom. The summed E-state index contributed by atoms with van der Waals surface area (Å²) in [5, 5.41) is 0. The molecule has 0 aliphatic carbocycles. The standard InChI is InChI=1S/C15H16O6/c1-15(2)20-11-10(19-14(17)12(11)21-15)8-18-13(16)9-6-4-3-5-7-9/h3-7,10-12H,8H2,1-2H3/t10-,11+,12+/m0/s1. The molecule has 0 amide bonds. The Balaban J connectivity index is 1.61. The van der Waals surface area contributed by atoms with Crippen LogP contribution in [-0.4, -0.2) is 42.6 Å². The molecule has 0 spiro atoms. The lowest BCUT2D eigenvalue weighted by Gasteiger charge is -2.21. The second-order valence-corrected chi connectivity index (χ2v) is 5.46. The number of hydrogen-bond acceptors (Lipinski definition) is 6. The lowest BCUT2D eigenvalue weighted by molar-refractivity contribution is -0.189. The number of carbonyl (C=O) groups is 2. The van der Waals surface area contributed by atoms with Crippen molar-refractivity contribution in [3.05, 3.63) is 35.9 Å². The maximum atomic E-state index is 11.9. The first-order valence-electron chi connectivity index (χ1n) is 6.74. The fourth-order valence-corrected chi connectivity index (χ4v) is 2.47. The minimum absolute atomic E-state index is 0.0555. The second kappa shape index (κ2) is 5.13. The zero-order valence-electron chi connectivity index (χ0n) is 11.8. The molecule has 0 N–H and O–H groups in total. The maximum Gasteiger partial charge on any atom is 0.338 e. The summed E-state index contributed by atoms with van der Waals surface area (Å²) >= 11 is 0. The number of fused-ring (bicyclic) bond motifs is 1. The molecule has 6 nitrogen and oxygen atoms in total. The molecule has 1 aromatic carbocycles. The molecule has 2 aliphatic heterocycles. The molecule has 2 aliphatic rings. The van der Waals surface area contributed by atoms with E-state index in [9.17, 15) is 9.59 Å². The summed E-state index contributed by atoms with van der Waals surface area (Å²) in [5.74, 6) is -1.78. The smallest absolute Gasteiger partial charge is 0.338 e. The van der Waals surface area contributed by atoms with Gasteiger partial charge in [0, 0.05) is 0 Å². The molecular formula is C15H16O6. The van der Waals surface area contributed by atoms with Crippen molar-refractivity contribution >= 4 is 11.9 Å². The molecule has 2 fully saturated rings. The van der Waals surface area contributed by atoms with E-state index < -0.39 is 36.0 Å². The molecule has 3 rings (SSSR count). The fourth-order valence-electron chi connectivity index (χ4n) is 2.47. The monoisotopic (exact) mass is 292 g/mol. The van der Waals surface area contributed by atoms with Crippen LogP contribution in [0.3, 0.4) is 0 Å². The number of benzene rings is 1. The van der Waals surface area contributed by atoms with Crippen LogP contribution in [0.1, 0.15) is 24.2 Å². The number of carbonyl (C=O) groups excluding carboxylic acids is 2. The summed E-state index contributed by atoms with van der Waals surface area (Å²) in [6, 6.07) is 8.62. The van der Waals surface area contributed by atoms with Gasteiger partial charge in [-0.1, -0.05) is 18.2 Å². The highest BCUT2D eigenvalue weighted by Gasteiger charge is 2.56. The van der Waals surface area contributed by atoms with Crippen molar-refractivity contribution in [3.63, 3.8) is 0 Å². The summed E-state index contributed by atoms with van der Waals surface area (Å²) < 4.78 is 21.4. The van der Waals surface area contributed by atoms with Gasteiger partial charge in [-0.05, 0) is 26.0 Å². The van der Waals surface area contributed by atoms with E-state index in [1.807, 2.05) is 6.07 Å². The van der Waals surface area contributed by atoms with Crippen LogP contribution in [0.2, 0.25) is 0 Å². The molecule has 0 aromatic heterocycles. The first-order valence-corrected chi connectivity index (χ1v) is 6.74. The molecule has 0 unspecified atom stereocenters. The molecule has 3 atom stereocenters. The second-order valence-electron chi connectivity index (χ2n) is 5.46. The van der Waals surface area contributed by atoms with Crippen LogP contribution in [0.4, 0.5) is 0 Å². The maximum absolute atomic E-state index is 11.9. The summed E-state index contributed by atoms with van der Waals surface area (Å²) in [7, 11) is 0. The summed E-state index contributed by atoms with van der Waals surface area (Å²) in [4.78, 5) is 23.6. The molecule has 2 heterocycles. The molecule has 112 valence electrons. The molecule has 0 radical (unpaired) electrons. The molecule has 2 saturated heterocycles. The molecular weight excluding hydrogens is 276 g/mol. The predicted octanol–water partition coefficient (Wildman–Crippen LogP) is 1.29. The van der Waals surface area contributed by atoms with Crippen LogP contribution in [0.25, 0.3) is 0 Å². The van der Waals surface area contributed by atoms with Gasteiger partial charge in [0.25, 0.3) is 0 Å². The van der Waals surface area contributed by atoms with E-state index in [2.05, 4.69) is 0 Å². The normalized spacial score (nSPS) is 29.8. The summed E-state index contributed by atoms with van der Waals surface area (Å²) in [6.45, 7) is 3.40. The van der Waals surface area contributed by atoms with Gasteiger partial charge in [-0.2, -0.15) is 0 Å². The van der Waals surface area contributed by atoms with Gasteiger partial charge in [-0.25, -0.2) is 9.59 Å².